The SMILES string of the molecule is CCCC1(C(=O)N2CCCC(OC)C2)CCCNC1. The Labute approximate surface area is 116 Å². The Morgan fingerprint density at radius 3 is 2.95 bits per heavy atom. The highest BCUT2D eigenvalue weighted by Gasteiger charge is 2.42. The van der Waals surface area contributed by atoms with Crippen LogP contribution in [-0.4, -0.2) is 50.2 Å². The number of likely N-dealkylation sites (tertiary alicyclic amines) is 1. The molecule has 2 atom stereocenters. The third-order valence-corrected chi connectivity index (χ3v) is 4.65. The molecule has 110 valence electrons. The maximum Gasteiger partial charge on any atom is 0.230 e. The zero-order valence-electron chi connectivity index (χ0n) is 12.4. The number of rotatable bonds is 4. The third-order valence-electron chi connectivity index (χ3n) is 4.65. The summed E-state index contributed by atoms with van der Waals surface area (Å²) in [6.45, 7) is 5.77. The number of hydrogen-bond acceptors (Lipinski definition) is 3. The van der Waals surface area contributed by atoms with Crippen LogP contribution in [0.5, 0.6) is 0 Å². The van der Waals surface area contributed by atoms with Gasteiger partial charge in [0.15, 0.2) is 0 Å². The van der Waals surface area contributed by atoms with Gasteiger partial charge in [-0.3, -0.25) is 4.79 Å². The van der Waals surface area contributed by atoms with Crippen molar-refractivity contribution in [2.45, 2.75) is 51.6 Å². The number of carbonyl (C=O) groups is 1. The van der Waals surface area contributed by atoms with E-state index < -0.39 is 0 Å². The fraction of sp³-hybridized carbons (Fsp3) is 0.933. The molecule has 0 aromatic heterocycles. The molecule has 0 spiro atoms. The molecule has 0 bridgehead atoms. The number of nitrogens with zero attached hydrogens (tertiary/aromatic N) is 1. The highest BCUT2D eigenvalue weighted by molar-refractivity contribution is 5.83. The molecule has 0 saturated carbocycles. The van der Waals surface area contributed by atoms with Gasteiger partial charge in [0, 0.05) is 26.7 Å². The molecule has 1 amide bonds. The quantitative estimate of drug-likeness (QED) is 0.845. The number of nitrogens with one attached hydrogen (secondary N) is 1. The van der Waals surface area contributed by atoms with Crippen molar-refractivity contribution >= 4 is 5.91 Å². The molecule has 2 rings (SSSR count). The summed E-state index contributed by atoms with van der Waals surface area (Å²) >= 11 is 0. The molecule has 2 aliphatic heterocycles. The number of amides is 1. The van der Waals surface area contributed by atoms with Gasteiger partial charge in [-0.15, -0.1) is 0 Å². The van der Waals surface area contributed by atoms with E-state index in [0.29, 0.717) is 5.91 Å². The lowest BCUT2D eigenvalue weighted by atomic mass is 9.75. The van der Waals surface area contributed by atoms with Gasteiger partial charge in [-0.2, -0.15) is 0 Å². The number of hydrogen-bond donors (Lipinski definition) is 1. The summed E-state index contributed by atoms with van der Waals surface area (Å²) in [7, 11) is 1.75. The van der Waals surface area contributed by atoms with E-state index in [1.54, 1.807) is 7.11 Å². The van der Waals surface area contributed by atoms with E-state index in [0.717, 1.165) is 64.7 Å². The molecule has 4 nitrogen and oxygen atoms in total. The molecular formula is C15H28N2O2. The van der Waals surface area contributed by atoms with Crippen molar-refractivity contribution in [1.82, 2.24) is 10.2 Å². The zero-order valence-corrected chi connectivity index (χ0v) is 12.4. The van der Waals surface area contributed by atoms with E-state index in [9.17, 15) is 4.79 Å². The molecule has 0 radical (unpaired) electrons. The Morgan fingerprint density at radius 2 is 2.32 bits per heavy atom. The Kier molecular flexibility index (Phi) is 5.22. The average Bonchev–Trinajstić information content (AvgIpc) is 2.48. The second-order valence-electron chi connectivity index (χ2n) is 6.06. The van der Waals surface area contributed by atoms with Gasteiger partial charge in [0.05, 0.1) is 11.5 Å². The molecule has 2 heterocycles. The summed E-state index contributed by atoms with van der Waals surface area (Å²) in [4.78, 5) is 15.0. The first kappa shape index (κ1) is 14.8. The maximum absolute atomic E-state index is 13.0. The highest BCUT2D eigenvalue weighted by Crippen LogP contribution is 2.34. The van der Waals surface area contributed by atoms with Crippen molar-refractivity contribution in [3.8, 4) is 0 Å². The standard InChI is InChI=1S/C15H28N2O2/c1-3-7-15(8-5-9-16-12-15)14(18)17-10-4-6-13(11-17)19-2/h13,16H,3-12H2,1-2H3. The van der Waals surface area contributed by atoms with Crippen molar-refractivity contribution in [2.24, 2.45) is 5.41 Å². The van der Waals surface area contributed by atoms with Crippen LogP contribution in [0.4, 0.5) is 0 Å². The van der Waals surface area contributed by atoms with E-state index >= 15 is 0 Å². The van der Waals surface area contributed by atoms with Crippen molar-refractivity contribution in [2.75, 3.05) is 33.3 Å². The largest absolute Gasteiger partial charge is 0.380 e. The molecule has 2 unspecified atom stereocenters. The Balaban J connectivity index is 2.05. The Bertz CT molecular complexity index is 295. The average molecular weight is 268 g/mol. The second kappa shape index (κ2) is 6.71. The summed E-state index contributed by atoms with van der Waals surface area (Å²) < 4.78 is 5.44. The van der Waals surface area contributed by atoms with Crippen LogP contribution in [-0.2, 0) is 9.53 Å². The van der Waals surface area contributed by atoms with Gasteiger partial charge in [0.1, 0.15) is 0 Å². The molecule has 19 heavy (non-hydrogen) atoms. The fourth-order valence-corrected chi connectivity index (χ4v) is 3.60. The topological polar surface area (TPSA) is 41.6 Å². The summed E-state index contributed by atoms with van der Waals surface area (Å²) in [6, 6.07) is 0. The van der Waals surface area contributed by atoms with E-state index in [2.05, 4.69) is 17.1 Å². The van der Waals surface area contributed by atoms with Crippen LogP contribution in [0.3, 0.4) is 0 Å². The maximum atomic E-state index is 13.0. The fourth-order valence-electron chi connectivity index (χ4n) is 3.60. The van der Waals surface area contributed by atoms with Gasteiger partial charge >= 0.3 is 0 Å². The molecule has 0 aromatic carbocycles. The lowest BCUT2D eigenvalue weighted by molar-refractivity contribution is -0.147. The second-order valence-corrected chi connectivity index (χ2v) is 6.06. The highest BCUT2D eigenvalue weighted by atomic mass is 16.5. The smallest absolute Gasteiger partial charge is 0.230 e. The first-order chi connectivity index (χ1) is 9.22. The minimum atomic E-state index is -0.150. The van der Waals surface area contributed by atoms with E-state index in [1.165, 1.54) is 0 Å². The Morgan fingerprint density at radius 1 is 1.47 bits per heavy atom. The summed E-state index contributed by atoms with van der Waals surface area (Å²) in [6.07, 6.45) is 6.63. The summed E-state index contributed by atoms with van der Waals surface area (Å²) in [5.74, 6) is 0.364. The van der Waals surface area contributed by atoms with E-state index in [1.807, 2.05) is 0 Å². The first-order valence-electron chi connectivity index (χ1n) is 7.75. The predicted molar refractivity (Wildman–Crippen MR) is 76.1 cm³/mol. The molecule has 0 aromatic rings. The van der Waals surface area contributed by atoms with Crippen molar-refractivity contribution in [1.29, 1.82) is 0 Å². The van der Waals surface area contributed by atoms with Crippen molar-refractivity contribution in [3.05, 3.63) is 0 Å². The van der Waals surface area contributed by atoms with Gasteiger partial charge in [-0.05, 0) is 38.6 Å². The molecule has 2 fully saturated rings. The van der Waals surface area contributed by atoms with Crippen LogP contribution >= 0.6 is 0 Å². The number of ether oxygens (including phenoxy) is 1. The summed E-state index contributed by atoms with van der Waals surface area (Å²) in [5.41, 5.74) is -0.150. The molecule has 1 N–H and O–H groups in total. The van der Waals surface area contributed by atoms with Crippen LogP contribution in [0.1, 0.15) is 45.4 Å². The Hall–Kier alpha value is -0.610. The van der Waals surface area contributed by atoms with Gasteiger partial charge in [0.25, 0.3) is 0 Å². The monoisotopic (exact) mass is 268 g/mol. The molecule has 0 aliphatic carbocycles. The van der Waals surface area contributed by atoms with Crippen LogP contribution < -0.4 is 5.32 Å². The lowest BCUT2D eigenvalue weighted by Gasteiger charge is -2.42. The molecule has 2 aliphatic rings. The van der Waals surface area contributed by atoms with Gasteiger partial charge in [-0.1, -0.05) is 13.3 Å². The number of carbonyl (C=O) groups excluding carboxylic acids is 1. The normalized spacial score (nSPS) is 32.3. The minimum Gasteiger partial charge on any atom is -0.380 e. The third kappa shape index (κ3) is 3.29. The number of piperidine rings is 2. The summed E-state index contributed by atoms with van der Waals surface area (Å²) in [5, 5.41) is 3.43. The predicted octanol–water partition coefficient (Wildman–Crippen LogP) is 1.79. The minimum absolute atomic E-state index is 0.150. The van der Waals surface area contributed by atoms with Crippen LogP contribution in [0.15, 0.2) is 0 Å². The van der Waals surface area contributed by atoms with Crippen molar-refractivity contribution < 1.29 is 9.53 Å². The lowest BCUT2D eigenvalue weighted by Crippen LogP contribution is -2.54. The zero-order chi connectivity index (χ0) is 13.7. The van der Waals surface area contributed by atoms with Gasteiger partial charge in [0.2, 0.25) is 5.91 Å². The van der Waals surface area contributed by atoms with Crippen LogP contribution in [0.25, 0.3) is 0 Å². The van der Waals surface area contributed by atoms with Crippen molar-refractivity contribution in [3.63, 3.8) is 0 Å². The molecular weight excluding hydrogens is 240 g/mol. The van der Waals surface area contributed by atoms with Crippen LogP contribution in [0.2, 0.25) is 0 Å². The van der Waals surface area contributed by atoms with Gasteiger partial charge < -0.3 is 15.0 Å². The van der Waals surface area contributed by atoms with Crippen LogP contribution in [0, 0.1) is 5.41 Å². The van der Waals surface area contributed by atoms with Gasteiger partial charge in [-0.25, -0.2) is 0 Å². The number of methoxy groups -OCH3 is 1. The first-order valence-corrected chi connectivity index (χ1v) is 7.75. The molecule has 4 heteroatoms. The van der Waals surface area contributed by atoms with E-state index in [4.69, 9.17) is 4.74 Å². The molecule has 2 saturated heterocycles. The van der Waals surface area contributed by atoms with E-state index in [-0.39, 0.29) is 11.5 Å².